The maximum Gasteiger partial charge on any atom is 0.270 e. The van der Waals surface area contributed by atoms with Gasteiger partial charge < -0.3 is 15.2 Å². The topological polar surface area (TPSA) is 65.2 Å². The van der Waals surface area contributed by atoms with Gasteiger partial charge in [-0.05, 0) is 30.9 Å². The molecule has 1 aromatic heterocycles. The number of benzene rings is 1. The second kappa shape index (κ2) is 7.07. The minimum Gasteiger partial charge on any atom is -0.356 e. The van der Waals surface area contributed by atoms with Crippen LogP contribution in [0.15, 0.2) is 30.3 Å². The summed E-state index contributed by atoms with van der Waals surface area (Å²) in [4.78, 5) is 30.0. The van der Waals surface area contributed by atoms with Gasteiger partial charge in [-0.25, -0.2) is 0 Å². The van der Waals surface area contributed by atoms with Gasteiger partial charge in [-0.3, -0.25) is 9.59 Å². The van der Waals surface area contributed by atoms with Crippen molar-refractivity contribution in [3.8, 4) is 0 Å². The third-order valence-electron chi connectivity index (χ3n) is 4.52. The molecule has 24 heavy (non-hydrogen) atoms. The molecular formula is C19H25N3O2. The molecule has 1 aliphatic heterocycles. The summed E-state index contributed by atoms with van der Waals surface area (Å²) in [7, 11) is 0. The highest BCUT2D eigenvalue weighted by Crippen LogP contribution is 2.21. The average molecular weight is 327 g/mol. The van der Waals surface area contributed by atoms with E-state index in [0.29, 0.717) is 31.2 Å². The van der Waals surface area contributed by atoms with Gasteiger partial charge in [0.05, 0.1) is 5.92 Å². The summed E-state index contributed by atoms with van der Waals surface area (Å²) in [5.74, 6) is 0.373. The molecule has 128 valence electrons. The fraction of sp³-hybridized carbons (Fsp3) is 0.474. The molecule has 0 aliphatic carbocycles. The predicted octanol–water partition coefficient (Wildman–Crippen LogP) is 2.79. The number of carbonyl (C=O) groups excluding carboxylic acids is 2. The molecule has 2 N–H and O–H groups in total. The van der Waals surface area contributed by atoms with Crippen LogP contribution < -0.4 is 5.32 Å². The summed E-state index contributed by atoms with van der Waals surface area (Å²) in [6.45, 7) is 6.05. The second-order valence-corrected chi connectivity index (χ2v) is 7.00. The van der Waals surface area contributed by atoms with Gasteiger partial charge in [-0.1, -0.05) is 32.0 Å². The minimum atomic E-state index is -0.106. The van der Waals surface area contributed by atoms with E-state index < -0.39 is 0 Å². The van der Waals surface area contributed by atoms with Crippen LogP contribution in [0.5, 0.6) is 0 Å². The highest BCUT2D eigenvalue weighted by Gasteiger charge is 2.29. The Morgan fingerprint density at radius 2 is 2.12 bits per heavy atom. The maximum atomic E-state index is 12.8. The molecule has 1 atom stereocenters. The normalized spacial score (nSPS) is 18.1. The summed E-state index contributed by atoms with van der Waals surface area (Å²) < 4.78 is 0. The first-order chi connectivity index (χ1) is 11.5. The van der Waals surface area contributed by atoms with Gasteiger partial charge >= 0.3 is 0 Å². The zero-order valence-electron chi connectivity index (χ0n) is 14.3. The minimum absolute atomic E-state index is 0.0208. The fourth-order valence-corrected chi connectivity index (χ4v) is 3.18. The molecule has 2 aromatic rings. The first-order valence-electron chi connectivity index (χ1n) is 8.69. The molecule has 3 rings (SSSR count). The van der Waals surface area contributed by atoms with Crippen molar-refractivity contribution in [2.45, 2.75) is 26.7 Å². The van der Waals surface area contributed by atoms with Gasteiger partial charge in [0.25, 0.3) is 5.91 Å². The molecule has 0 spiro atoms. The smallest absolute Gasteiger partial charge is 0.270 e. The molecule has 0 saturated carbocycles. The summed E-state index contributed by atoms with van der Waals surface area (Å²) in [6, 6.07) is 9.75. The maximum absolute atomic E-state index is 12.8. The Balaban J connectivity index is 1.67. The lowest BCUT2D eigenvalue weighted by atomic mass is 9.96. The Kier molecular flexibility index (Phi) is 4.88. The van der Waals surface area contributed by atoms with Crippen molar-refractivity contribution in [2.24, 2.45) is 11.8 Å². The number of amides is 2. The number of aromatic amines is 1. The lowest BCUT2D eigenvalue weighted by Crippen LogP contribution is -2.46. The standard InChI is InChI=1S/C19H25N3O2/c1-13(2)11-20-18(23)15-7-5-9-22(12-15)19(24)17-10-14-6-3-4-8-16(14)21-17/h3-4,6,8,10,13,15,21H,5,7,9,11-12H2,1-2H3,(H,20,23)/t15-/m1/s1. The summed E-state index contributed by atoms with van der Waals surface area (Å²) in [5, 5.41) is 4.02. The van der Waals surface area contributed by atoms with E-state index in [1.165, 1.54) is 0 Å². The molecule has 0 bridgehead atoms. The number of hydrogen-bond acceptors (Lipinski definition) is 2. The molecule has 1 saturated heterocycles. The number of nitrogens with zero attached hydrogens (tertiary/aromatic N) is 1. The third kappa shape index (κ3) is 3.61. The number of carbonyl (C=O) groups is 2. The molecule has 0 radical (unpaired) electrons. The quantitative estimate of drug-likeness (QED) is 0.907. The third-order valence-corrected chi connectivity index (χ3v) is 4.52. The van der Waals surface area contributed by atoms with E-state index in [0.717, 1.165) is 23.7 Å². The van der Waals surface area contributed by atoms with Gasteiger partial charge in [-0.2, -0.15) is 0 Å². The van der Waals surface area contributed by atoms with Crippen molar-refractivity contribution in [1.82, 2.24) is 15.2 Å². The Morgan fingerprint density at radius 1 is 1.33 bits per heavy atom. The molecular weight excluding hydrogens is 302 g/mol. The number of hydrogen-bond donors (Lipinski definition) is 2. The zero-order valence-corrected chi connectivity index (χ0v) is 14.3. The van der Waals surface area contributed by atoms with Crippen molar-refractivity contribution >= 4 is 22.7 Å². The predicted molar refractivity (Wildman–Crippen MR) is 94.8 cm³/mol. The molecule has 1 fully saturated rings. The van der Waals surface area contributed by atoms with E-state index in [4.69, 9.17) is 0 Å². The number of likely N-dealkylation sites (tertiary alicyclic amines) is 1. The van der Waals surface area contributed by atoms with Crippen LogP contribution in [-0.2, 0) is 4.79 Å². The Bertz CT molecular complexity index is 702. The lowest BCUT2D eigenvalue weighted by molar-refractivity contribution is -0.126. The van der Waals surface area contributed by atoms with E-state index in [-0.39, 0.29) is 17.7 Å². The van der Waals surface area contributed by atoms with Gasteiger partial charge in [-0.15, -0.1) is 0 Å². The number of aromatic nitrogens is 1. The fourth-order valence-electron chi connectivity index (χ4n) is 3.18. The van der Waals surface area contributed by atoms with Crippen molar-refractivity contribution < 1.29 is 9.59 Å². The first-order valence-corrected chi connectivity index (χ1v) is 8.69. The van der Waals surface area contributed by atoms with Crippen LogP contribution in [0, 0.1) is 11.8 Å². The molecule has 2 heterocycles. The van der Waals surface area contributed by atoms with Gasteiger partial charge in [0.15, 0.2) is 0 Å². The molecule has 1 aromatic carbocycles. The van der Waals surface area contributed by atoms with Crippen LogP contribution in [0.1, 0.15) is 37.2 Å². The van der Waals surface area contributed by atoms with Crippen LogP contribution >= 0.6 is 0 Å². The van der Waals surface area contributed by atoms with Crippen LogP contribution in [0.4, 0.5) is 0 Å². The monoisotopic (exact) mass is 327 g/mol. The zero-order chi connectivity index (χ0) is 17.1. The van der Waals surface area contributed by atoms with Crippen LogP contribution in [0.25, 0.3) is 10.9 Å². The number of H-pyrrole nitrogens is 1. The van der Waals surface area contributed by atoms with Gasteiger partial charge in [0.2, 0.25) is 5.91 Å². The lowest BCUT2D eigenvalue weighted by Gasteiger charge is -2.32. The van der Waals surface area contributed by atoms with Crippen molar-refractivity contribution in [2.75, 3.05) is 19.6 Å². The number of rotatable bonds is 4. The van der Waals surface area contributed by atoms with Gasteiger partial charge in [0.1, 0.15) is 5.69 Å². The summed E-state index contributed by atoms with van der Waals surface area (Å²) in [6.07, 6.45) is 1.71. The van der Waals surface area contributed by atoms with E-state index >= 15 is 0 Å². The number of fused-ring (bicyclic) bond motifs is 1. The number of piperidine rings is 1. The van der Waals surface area contributed by atoms with Crippen molar-refractivity contribution in [3.05, 3.63) is 36.0 Å². The molecule has 0 unspecified atom stereocenters. The van der Waals surface area contributed by atoms with E-state index in [1.54, 1.807) is 4.90 Å². The SMILES string of the molecule is CC(C)CNC(=O)[C@@H]1CCCN(C(=O)c2cc3ccccc3[nH]2)C1. The van der Waals surface area contributed by atoms with Crippen molar-refractivity contribution in [3.63, 3.8) is 0 Å². The summed E-state index contributed by atoms with van der Waals surface area (Å²) in [5.41, 5.74) is 1.56. The Morgan fingerprint density at radius 3 is 2.88 bits per heavy atom. The van der Waals surface area contributed by atoms with Crippen LogP contribution in [-0.4, -0.2) is 41.3 Å². The van der Waals surface area contributed by atoms with E-state index in [9.17, 15) is 9.59 Å². The number of nitrogens with one attached hydrogen (secondary N) is 2. The van der Waals surface area contributed by atoms with Gasteiger partial charge in [0, 0.05) is 30.5 Å². The molecule has 1 aliphatic rings. The Hall–Kier alpha value is -2.30. The second-order valence-electron chi connectivity index (χ2n) is 7.00. The highest BCUT2D eigenvalue weighted by atomic mass is 16.2. The molecule has 5 heteroatoms. The Labute approximate surface area is 142 Å². The van der Waals surface area contributed by atoms with E-state index in [2.05, 4.69) is 24.1 Å². The molecule has 5 nitrogen and oxygen atoms in total. The first kappa shape index (κ1) is 16.6. The van der Waals surface area contributed by atoms with Crippen molar-refractivity contribution in [1.29, 1.82) is 0 Å². The largest absolute Gasteiger partial charge is 0.356 e. The highest BCUT2D eigenvalue weighted by molar-refractivity contribution is 5.98. The summed E-state index contributed by atoms with van der Waals surface area (Å²) >= 11 is 0. The van der Waals surface area contributed by atoms with Crippen LogP contribution in [0.3, 0.4) is 0 Å². The molecule has 2 amide bonds. The number of para-hydroxylation sites is 1. The average Bonchev–Trinajstić information content (AvgIpc) is 3.03. The van der Waals surface area contributed by atoms with Crippen LogP contribution in [0.2, 0.25) is 0 Å². The van der Waals surface area contributed by atoms with E-state index in [1.807, 2.05) is 30.3 Å².